The predicted molar refractivity (Wildman–Crippen MR) is 77.6 cm³/mol. The molecule has 1 aromatic carbocycles. The molecule has 104 valence electrons. The molecule has 1 aromatic heterocycles. The second-order valence-corrected chi connectivity index (χ2v) is 5.60. The van der Waals surface area contributed by atoms with Crippen molar-refractivity contribution in [2.24, 2.45) is 0 Å². The zero-order chi connectivity index (χ0) is 14.8. The zero-order valence-electron chi connectivity index (χ0n) is 11.8. The summed E-state index contributed by atoms with van der Waals surface area (Å²) in [4.78, 5) is 23.7. The Morgan fingerprint density at radius 2 is 1.70 bits per heavy atom. The fourth-order valence-electron chi connectivity index (χ4n) is 1.79. The number of hydrogen-bond acceptors (Lipinski definition) is 3. The number of hydrogen-bond donors (Lipinski definition) is 1. The second-order valence-electron chi connectivity index (χ2n) is 5.60. The summed E-state index contributed by atoms with van der Waals surface area (Å²) < 4.78 is 4.98. The van der Waals surface area contributed by atoms with E-state index in [0.29, 0.717) is 5.56 Å². The van der Waals surface area contributed by atoms with E-state index in [4.69, 9.17) is 4.42 Å². The molecule has 0 atom stereocenters. The lowest BCUT2D eigenvalue weighted by atomic mass is 10.1. The molecule has 4 heteroatoms. The number of nitrogens with one attached hydrogen (secondary N) is 1. The van der Waals surface area contributed by atoms with Gasteiger partial charge in [0.25, 0.3) is 5.91 Å². The molecule has 0 aliphatic rings. The van der Waals surface area contributed by atoms with Crippen LogP contribution in [0.15, 0.2) is 51.7 Å². The van der Waals surface area contributed by atoms with Gasteiger partial charge in [-0.15, -0.1) is 0 Å². The summed E-state index contributed by atoms with van der Waals surface area (Å²) in [6.45, 7) is 5.60. The third kappa shape index (κ3) is 3.57. The smallest absolute Gasteiger partial charge is 0.336 e. The van der Waals surface area contributed by atoms with Gasteiger partial charge in [0, 0.05) is 11.6 Å². The molecule has 0 spiro atoms. The van der Waals surface area contributed by atoms with Crippen molar-refractivity contribution in [2.45, 2.75) is 26.3 Å². The molecule has 1 amide bonds. The SMILES string of the molecule is CC(C)(C)NC(=O)c1cc(-c2ccccc2)cc(=O)o1. The predicted octanol–water partition coefficient (Wildman–Crippen LogP) is 2.84. The lowest BCUT2D eigenvalue weighted by Crippen LogP contribution is -2.40. The Kier molecular flexibility index (Phi) is 3.74. The topological polar surface area (TPSA) is 59.3 Å². The van der Waals surface area contributed by atoms with Crippen LogP contribution in [0.4, 0.5) is 0 Å². The van der Waals surface area contributed by atoms with Crippen LogP contribution < -0.4 is 10.9 Å². The lowest BCUT2D eigenvalue weighted by Gasteiger charge is -2.19. The van der Waals surface area contributed by atoms with Gasteiger partial charge >= 0.3 is 5.63 Å². The third-order valence-electron chi connectivity index (χ3n) is 2.59. The minimum Gasteiger partial charge on any atom is -0.417 e. The zero-order valence-corrected chi connectivity index (χ0v) is 11.8. The van der Waals surface area contributed by atoms with E-state index in [9.17, 15) is 9.59 Å². The Bertz CT molecular complexity index is 666. The van der Waals surface area contributed by atoms with Gasteiger partial charge in [-0.25, -0.2) is 4.79 Å². The largest absolute Gasteiger partial charge is 0.417 e. The van der Waals surface area contributed by atoms with Crippen LogP contribution in [0, 0.1) is 0 Å². The first-order chi connectivity index (χ1) is 9.35. The Morgan fingerprint density at radius 3 is 2.30 bits per heavy atom. The quantitative estimate of drug-likeness (QED) is 0.913. The molecule has 2 aromatic rings. The Balaban J connectivity index is 2.40. The first-order valence-corrected chi connectivity index (χ1v) is 6.38. The highest BCUT2D eigenvalue weighted by atomic mass is 16.4. The van der Waals surface area contributed by atoms with E-state index in [-0.39, 0.29) is 5.76 Å². The fraction of sp³-hybridized carbons (Fsp3) is 0.250. The van der Waals surface area contributed by atoms with Crippen molar-refractivity contribution in [2.75, 3.05) is 0 Å². The summed E-state index contributed by atoms with van der Waals surface area (Å²) in [5.41, 5.74) is 0.606. The van der Waals surface area contributed by atoms with Crippen molar-refractivity contribution in [1.29, 1.82) is 0 Å². The van der Waals surface area contributed by atoms with Gasteiger partial charge in [-0.05, 0) is 38.0 Å². The van der Waals surface area contributed by atoms with Gasteiger partial charge in [-0.1, -0.05) is 30.3 Å². The minimum absolute atomic E-state index is 0.0197. The number of rotatable bonds is 2. The molecule has 0 saturated carbocycles. The molecule has 1 N–H and O–H groups in total. The highest BCUT2D eigenvalue weighted by Gasteiger charge is 2.18. The van der Waals surface area contributed by atoms with Crippen LogP contribution in [0.2, 0.25) is 0 Å². The van der Waals surface area contributed by atoms with Crippen molar-refractivity contribution in [1.82, 2.24) is 5.32 Å². The molecule has 20 heavy (non-hydrogen) atoms. The fourth-order valence-corrected chi connectivity index (χ4v) is 1.79. The average Bonchev–Trinajstić information content (AvgIpc) is 2.37. The molecule has 0 aliphatic carbocycles. The van der Waals surface area contributed by atoms with Gasteiger partial charge in [0.05, 0.1) is 0 Å². The van der Waals surface area contributed by atoms with E-state index in [1.165, 1.54) is 6.07 Å². The van der Waals surface area contributed by atoms with Crippen molar-refractivity contribution < 1.29 is 9.21 Å². The van der Waals surface area contributed by atoms with Crippen LogP contribution in [0.5, 0.6) is 0 Å². The third-order valence-corrected chi connectivity index (χ3v) is 2.59. The van der Waals surface area contributed by atoms with Gasteiger partial charge in [-0.2, -0.15) is 0 Å². The van der Waals surface area contributed by atoms with Crippen LogP contribution in [0.1, 0.15) is 31.3 Å². The standard InChI is InChI=1S/C16H17NO3/c1-16(2,3)17-15(19)13-9-12(10-14(18)20-13)11-7-5-4-6-8-11/h4-10H,1-3H3,(H,17,19). The maximum atomic E-state index is 12.1. The van der Waals surface area contributed by atoms with Crippen LogP contribution in [0.3, 0.4) is 0 Å². The molecule has 0 unspecified atom stereocenters. The van der Waals surface area contributed by atoms with Gasteiger partial charge in [0.15, 0.2) is 5.76 Å². The van der Waals surface area contributed by atoms with Crippen molar-refractivity contribution >= 4 is 5.91 Å². The van der Waals surface area contributed by atoms with Crippen molar-refractivity contribution in [3.05, 3.63) is 58.6 Å². The van der Waals surface area contributed by atoms with Crippen LogP contribution >= 0.6 is 0 Å². The maximum absolute atomic E-state index is 12.1. The maximum Gasteiger partial charge on any atom is 0.336 e. The lowest BCUT2D eigenvalue weighted by molar-refractivity contribution is 0.0886. The van der Waals surface area contributed by atoms with Crippen LogP contribution in [-0.4, -0.2) is 11.4 Å². The molecule has 4 nitrogen and oxygen atoms in total. The van der Waals surface area contributed by atoms with E-state index < -0.39 is 17.1 Å². The molecule has 0 saturated heterocycles. The molecular weight excluding hydrogens is 254 g/mol. The van der Waals surface area contributed by atoms with Crippen molar-refractivity contribution in [3.63, 3.8) is 0 Å². The second kappa shape index (κ2) is 5.33. The Hall–Kier alpha value is -2.36. The molecule has 0 bridgehead atoms. The molecule has 2 rings (SSSR count). The summed E-state index contributed by atoms with van der Waals surface area (Å²) in [7, 11) is 0. The van der Waals surface area contributed by atoms with Crippen LogP contribution in [-0.2, 0) is 0 Å². The van der Waals surface area contributed by atoms with E-state index in [0.717, 1.165) is 5.56 Å². The highest BCUT2D eigenvalue weighted by Crippen LogP contribution is 2.18. The van der Waals surface area contributed by atoms with Crippen LogP contribution in [0.25, 0.3) is 11.1 Å². The van der Waals surface area contributed by atoms with E-state index in [2.05, 4.69) is 5.32 Å². The minimum atomic E-state index is -0.537. The first kappa shape index (κ1) is 14.1. The molecule has 0 fully saturated rings. The molecule has 0 aliphatic heterocycles. The number of amides is 1. The Morgan fingerprint density at radius 1 is 1.05 bits per heavy atom. The first-order valence-electron chi connectivity index (χ1n) is 6.38. The Labute approximate surface area is 117 Å². The van der Waals surface area contributed by atoms with Gasteiger partial charge in [-0.3, -0.25) is 4.79 Å². The summed E-state index contributed by atoms with van der Waals surface area (Å²) >= 11 is 0. The molecule has 0 radical (unpaired) electrons. The van der Waals surface area contributed by atoms with Gasteiger partial charge in [0.2, 0.25) is 0 Å². The number of benzene rings is 1. The normalized spacial score (nSPS) is 11.2. The summed E-state index contributed by atoms with van der Waals surface area (Å²) in [6, 6.07) is 12.3. The monoisotopic (exact) mass is 271 g/mol. The number of carbonyl (C=O) groups is 1. The summed E-state index contributed by atoms with van der Waals surface area (Å²) in [5.74, 6) is -0.376. The highest BCUT2D eigenvalue weighted by molar-refractivity contribution is 5.92. The molecular formula is C16H17NO3. The van der Waals surface area contributed by atoms with Gasteiger partial charge < -0.3 is 9.73 Å². The number of carbonyl (C=O) groups excluding carboxylic acids is 1. The van der Waals surface area contributed by atoms with Gasteiger partial charge in [0.1, 0.15) is 0 Å². The molecule has 1 heterocycles. The summed E-state index contributed by atoms with van der Waals surface area (Å²) in [5, 5.41) is 2.77. The van der Waals surface area contributed by atoms with E-state index in [1.54, 1.807) is 6.07 Å². The van der Waals surface area contributed by atoms with E-state index >= 15 is 0 Å². The van der Waals surface area contributed by atoms with E-state index in [1.807, 2.05) is 51.1 Å². The average molecular weight is 271 g/mol. The van der Waals surface area contributed by atoms with Crippen molar-refractivity contribution in [3.8, 4) is 11.1 Å². The summed E-state index contributed by atoms with van der Waals surface area (Å²) in [6.07, 6.45) is 0.